The lowest BCUT2D eigenvalue weighted by Gasteiger charge is -2.31. The number of amides is 1. The van der Waals surface area contributed by atoms with Crippen LogP contribution in [-0.4, -0.2) is 30.5 Å². The van der Waals surface area contributed by atoms with Crippen molar-refractivity contribution in [1.82, 2.24) is 10.3 Å². The smallest absolute Gasteiger partial charge is 0.238 e. The van der Waals surface area contributed by atoms with Crippen molar-refractivity contribution in [1.29, 1.82) is 0 Å². The first kappa shape index (κ1) is 17.8. The third-order valence-electron chi connectivity index (χ3n) is 4.36. The summed E-state index contributed by atoms with van der Waals surface area (Å²) in [5.74, 6) is 6.14. The molecule has 1 aliphatic heterocycles. The quantitative estimate of drug-likeness (QED) is 0.334. The van der Waals surface area contributed by atoms with E-state index in [0.29, 0.717) is 0 Å². The number of hydrazine groups is 1. The summed E-state index contributed by atoms with van der Waals surface area (Å²) in [4.78, 5) is 14.0. The molecule has 2 rings (SSSR count). The summed E-state index contributed by atoms with van der Waals surface area (Å²) in [5, 5.41) is 0. The molecule has 1 amide bonds. The fraction of sp³-hybridized carbons (Fsp3) is 0.611. The summed E-state index contributed by atoms with van der Waals surface area (Å²) < 4.78 is 5.74. The lowest BCUT2D eigenvalue weighted by molar-refractivity contribution is -0.126. The van der Waals surface area contributed by atoms with Crippen LogP contribution in [0.2, 0.25) is 0 Å². The second-order valence-electron chi connectivity index (χ2n) is 6.28. The van der Waals surface area contributed by atoms with Crippen molar-refractivity contribution in [3.8, 4) is 5.75 Å². The molecule has 5 nitrogen and oxygen atoms in total. The van der Waals surface area contributed by atoms with Crippen LogP contribution in [0.1, 0.15) is 44.6 Å². The number of unbranched alkanes of at least 4 members (excludes halogenated alkanes) is 2. The van der Waals surface area contributed by atoms with Gasteiger partial charge in [0.15, 0.2) is 0 Å². The summed E-state index contributed by atoms with van der Waals surface area (Å²) in [6, 6.07) is 8.30. The maximum atomic E-state index is 11.7. The highest BCUT2D eigenvalue weighted by molar-refractivity contribution is 5.78. The standard InChI is InChI=1S/C18H29N3O2/c1-2-3-4-12-23-17-9-7-15(8-10-17)13-21-11-5-6-16(14-21)18(22)20-19/h7-10,16H,2-6,11-14,19H2,1H3,(H,20,22). The number of hydrogen-bond acceptors (Lipinski definition) is 4. The Balaban J connectivity index is 1.79. The molecule has 0 bridgehead atoms. The van der Waals surface area contributed by atoms with Gasteiger partial charge in [-0.2, -0.15) is 0 Å². The summed E-state index contributed by atoms with van der Waals surface area (Å²) in [7, 11) is 0. The molecule has 0 radical (unpaired) electrons. The summed E-state index contributed by atoms with van der Waals surface area (Å²) in [6.45, 7) is 5.65. The van der Waals surface area contributed by atoms with Crippen LogP contribution in [0.15, 0.2) is 24.3 Å². The van der Waals surface area contributed by atoms with Gasteiger partial charge in [-0.05, 0) is 43.5 Å². The van der Waals surface area contributed by atoms with Crippen molar-refractivity contribution in [2.75, 3.05) is 19.7 Å². The number of nitrogens with one attached hydrogen (secondary N) is 1. The number of rotatable bonds is 8. The predicted molar refractivity (Wildman–Crippen MR) is 91.8 cm³/mol. The number of ether oxygens (including phenoxy) is 1. The molecule has 0 spiro atoms. The molecule has 1 atom stereocenters. The van der Waals surface area contributed by atoms with E-state index in [-0.39, 0.29) is 11.8 Å². The van der Waals surface area contributed by atoms with Gasteiger partial charge in [0, 0.05) is 13.1 Å². The highest BCUT2D eigenvalue weighted by Crippen LogP contribution is 2.20. The minimum absolute atomic E-state index is 0.00919. The fourth-order valence-electron chi connectivity index (χ4n) is 3.02. The number of nitrogens with zero attached hydrogens (tertiary/aromatic N) is 1. The van der Waals surface area contributed by atoms with Gasteiger partial charge in [0.25, 0.3) is 0 Å². The molecule has 1 unspecified atom stereocenters. The van der Waals surface area contributed by atoms with Crippen molar-refractivity contribution in [3.63, 3.8) is 0 Å². The van der Waals surface area contributed by atoms with E-state index >= 15 is 0 Å². The number of hydrogen-bond donors (Lipinski definition) is 2. The van der Waals surface area contributed by atoms with Gasteiger partial charge in [0.05, 0.1) is 12.5 Å². The van der Waals surface area contributed by atoms with E-state index in [4.69, 9.17) is 10.6 Å². The Hall–Kier alpha value is -1.59. The molecule has 0 aromatic heterocycles. The fourth-order valence-corrected chi connectivity index (χ4v) is 3.02. The van der Waals surface area contributed by atoms with Crippen LogP contribution >= 0.6 is 0 Å². The normalized spacial score (nSPS) is 18.6. The molecule has 0 aliphatic carbocycles. The maximum absolute atomic E-state index is 11.7. The highest BCUT2D eigenvalue weighted by atomic mass is 16.5. The van der Waals surface area contributed by atoms with E-state index in [2.05, 4.69) is 29.4 Å². The molecule has 23 heavy (non-hydrogen) atoms. The largest absolute Gasteiger partial charge is 0.494 e. The van der Waals surface area contributed by atoms with Gasteiger partial charge < -0.3 is 4.74 Å². The van der Waals surface area contributed by atoms with E-state index in [1.807, 2.05) is 12.1 Å². The summed E-state index contributed by atoms with van der Waals surface area (Å²) in [5.41, 5.74) is 3.52. The Bertz CT molecular complexity index is 476. The first-order chi connectivity index (χ1) is 11.2. The monoisotopic (exact) mass is 319 g/mol. The van der Waals surface area contributed by atoms with Gasteiger partial charge in [-0.25, -0.2) is 5.84 Å². The van der Waals surface area contributed by atoms with Gasteiger partial charge in [0.2, 0.25) is 5.91 Å². The molecule has 1 aliphatic rings. The first-order valence-corrected chi connectivity index (χ1v) is 8.67. The molecule has 5 heteroatoms. The van der Waals surface area contributed by atoms with Crippen molar-refractivity contribution in [2.24, 2.45) is 11.8 Å². The number of likely N-dealkylation sites (tertiary alicyclic amines) is 1. The zero-order valence-corrected chi connectivity index (χ0v) is 14.1. The second-order valence-corrected chi connectivity index (χ2v) is 6.28. The molecule has 128 valence electrons. The van der Waals surface area contributed by atoms with Crippen molar-refractivity contribution in [3.05, 3.63) is 29.8 Å². The van der Waals surface area contributed by atoms with Crippen LogP contribution in [-0.2, 0) is 11.3 Å². The van der Waals surface area contributed by atoms with E-state index in [1.165, 1.54) is 18.4 Å². The van der Waals surface area contributed by atoms with E-state index < -0.39 is 0 Å². The Labute approximate surface area is 139 Å². The molecule has 0 saturated carbocycles. The first-order valence-electron chi connectivity index (χ1n) is 8.67. The molecule has 1 aromatic rings. The zero-order valence-electron chi connectivity index (χ0n) is 14.1. The molecule has 1 fully saturated rings. The lowest BCUT2D eigenvalue weighted by Crippen LogP contribution is -2.44. The minimum atomic E-state index is -0.0504. The number of carbonyl (C=O) groups excluding carboxylic acids is 1. The van der Waals surface area contributed by atoms with Crippen LogP contribution in [0.3, 0.4) is 0 Å². The Morgan fingerprint density at radius 1 is 1.35 bits per heavy atom. The lowest BCUT2D eigenvalue weighted by atomic mass is 9.97. The third kappa shape index (κ3) is 5.84. The zero-order chi connectivity index (χ0) is 16.5. The predicted octanol–water partition coefficient (Wildman–Crippen LogP) is 2.46. The molecule has 1 aromatic carbocycles. The topological polar surface area (TPSA) is 67.6 Å². The van der Waals surface area contributed by atoms with E-state index in [9.17, 15) is 4.79 Å². The Morgan fingerprint density at radius 3 is 2.83 bits per heavy atom. The highest BCUT2D eigenvalue weighted by Gasteiger charge is 2.25. The van der Waals surface area contributed by atoms with E-state index in [0.717, 1.165) is 51.3 Å². The van der Waals surface area contributed by atoms with Gasteiger partial charge >= 0.3 is 0 Å². The van der Waals surface area contributed by atoms with Crippen LogP contribution in [0, 0.1) is 5.92 Å². The molecular weight excluding hydrogens is 290 g/mol. The minimum Gasteiger partial charge on any atom is -0.494 e. The summed E-state index contributed by atoms with van der Waals surface area (Å²) >= 11 is 0. The second kappa shape index (κ2) is 9.53. The van der Waals surface area contributed by atoms with Gasteiger partial charge in [0.1, 0.15) is 5.75 Å². The molecular formula is C18H29N3O2. The van der Waals surface area contributed by atoms with Gasteiger partial charge in [-0.3, -0.25) is 15.1 Å². The SMILES string of the molecule is CCCCCOc1ccc(CN2CCCC(C(=O)NN)C2)cc1. The molecule has 1 heterocycles. The Morgan fingerprint density at radius 2 is 2.13 bits per heavy atom. The van der Waals surface area contributed by atoms with Gasteiger partial charge in [-0.1, -0.05) is 31.9 Å². The van der Waals surface area contributed by atoms with Crippen molar-refractivity contribution >= 4 is 5.91 Å². The van der Waals surface area contributed by atoms with Crippen LogP contribution in [0.25, 0.3) is 0 Å². The van der Waals surface area contributed by atoms with Crippen LogP contribution in [0.4, 0.5) is 0 Å². The van der Waals surface area contributed by atoms with E-state index in [1.54, 1.807) is 0 Å². The van der Waals surface area contributed by atoms with Crippen LogP contribution < -0.4 is 16.0 Å². The average Bonchev–Trinajstić information content (AvgIpc) is 2.59. The van der Waals surface area contributed by atoms with Crippen molar-refractivity contribution in [2.45, 2.75) is 45.6 Å². The summed E-state index contributed by atoms with van der Waals surface area (Å²) in [6.07, 6.45) is 5.49. The third-order valence-corrected chi connectivity index (χ3v) is 4.36. The number of piperidine rings is 1. The number of nitrogens with two attached hydrogens (primary N) is 1. The average molecular weight is 319 g/mol. The number of benzene rings is 1. The molecule has 3 N–H and O–H groups in total. The Kier molecular flexibility index (Phi) is 7.36. The molecule has 1 saturated heterocycles. The van der Waals surface area contributed by atoms with Crippen molar-refractivity contribution < 1.29 is 9.53 Å². The number of carbonyl (C=O) groups is 1. The van der Waals surface area contributed by atoms with Crippen LogP contribution in [0.5, 0.6) is 5.75 Å². The van der Waals surface area contributed by atoms with Gasteiger partial charge in [-0.15, -0.1) is 0 Å². The maximum Gasteiger partial charge on any atom is 0.238 e.